The number of nitriles is 1. The van der Waals surface area contributed by atoms with Crippen molar-refractivity contribution in [2.75, 3.05) is 30.8 Å². The number of aromatic nitrogens is 2. The lowest BCUT2D eigenvalue weighted by Crippen LogP contribution is -2.34. The first kappa shape index (κ1) is 22.0. The Morgan fingerprint density at radius 2 is 1.80 bits per heavy atom. The van der Waals surface area contributed by atoms with Gasteiger partial charge in [0, 0.05) is 31.5 Å². The maximum absolute atomic E-state index is 9.53. The molecule has 1 aliphatic heterocycles. The van der Waals surface area contributed by atoms with Crippen molar-refractivity contribution in [3.05, 3.63) is 36.0 Å². The number of nitrogens with one attached hydrogen (secondary N) is 1. The van der Waals surface area contributed by atoms with Gasteiger partial charge in [-0.2, -0.15) is 5.26 Å². The van der Waals surface area contributed by atoms with Crippen molar-refractivity contribution in [2.24, 2.45) is 5.41 Å². The Balaban J connectivity index is 0.000000367. The molecule has 0 bridgehead atoms. The van der Waals surface area contributed by atoms with Gasteiger partial charge in [-0.3, -0.25) is 0 Å². The van der Waals surface area contributed by atoms with Crippen molar-refractivity contribution < 1.29 is 4.74 Å². The highest BCUT2D eigenvalue weighted by Gasteiger charge is 2.32. The van der Waals surface area contributed by atoms with Gasteiger partial charge in [0.05, 0.1) is 17.2 Å². The van der Waals surface area contributed by atoms with Crippen LogP contribution in [0.25, 0.3) is 11.3 Å². The van der Waals surface area contributed by atoms with Gasteiger partial charge in [-0.25, -0.2) is 9.97 Å². The van der Waals surface area contributed by atoms with Gasteiger partial charge in [-0.05, 0) is 43.5 Å². The highest BCUT2D eigenvalue weighted by molar-refractivity contribution is 5.67. The quantitative estimate of drug-likeness (QED) is 0.731. The topological polar surface area (TPSA) is 96.8 Å². The molecule has 0 amide bonds. The molecule has 6 heteroatoms. The molecule has 0 radical (unpaired) electrons. The van der Waals surface area contributed by atoms with Gasteiger partial charge < -0.3 is 15.8 Å². The zero-order valence-electron chi connectivity index (χ0n) is 18.0. The predicted octanol–water partition coefficient (Wildman–Crippen LogP) is 5.11. The number of hydrogen-bond acceptors (Lipinski definition) is 6. The van der Waals surface area contributed by atoms with Crippen LogP contribution >= 0.6 is 0 Å². The van der Waals surface area contributed by atoms with Crippen molar-refractivity contribution in [1.29, 1.82) is 5.26 Å². The van der Waals surface area contributed by atoms with Crippen LogP contribution in [-0.4, -0.2) is 29.7 Å². The monoisotopic (exact) mass is 407 g/mol. The summed E-state index contributed by atoms with van der Waals surface area (Å²) in [5.74, 6) is 1.23. The molecule has 2 aromatic rings. The minimum atomic E-state index is -0.382. The molecule has 0 atom stereocenters. The molecule has 6 nitrogen and oxygen atoms in total. The van der Waals surface area contributed by atoms with Crippen LogP contribution in [0.5, 0.6) is 0 Å². The summed E-state index contributed by atoms with van der Waals surface area (Å²) in [6, 6.07) is 10.1. The Kier molecular flexibility index (Phi) is 8.04. The molecule has 30 heavy (non-hydrogen) atoms. The van der Waals surface area contributed by atoms with Gasteiger partial charge in [-0.1, -0.05) is 44.6 Å². The van der Waals surface area contributed by atoms with E-state index in [1.54, 1.807) is 6.20 Å². The number of rotatable bonds is 4. The van der Waals surface area contributed by atoms with E-state index in [-0.39, 0.29) is 5.41 Å². The van der Waals surface area contributed by atoms with Gasteiger partial charge in [-0.15, -0.1) is 0 Å². The third-order valence-electron chi connectivity index (χ3n) is 5.94. The summed E-state index contributed by atoms with van der Waals surface area (Å²) in [5.41, 5.74) is 8.23. The molecule has 1 saturated carbocycles. The Bertz CT molecular complexity index is 839. The fourth-order valence-electron chi connectivity index (χ4n) is 3.91. The smallest absolute Gasteiger partial charge is 0.126 e. The van der Waals surface area contributed by atoms with Crippen molar-refractivity contribution in [2.45, 2.75) is 58.3 Å². The molecular formula is C24H33N5O. The standard InChI is InChI=1S/C18H21N5O.C6H12/c1-13-10-21-16(20)9-14(13)15-3-2-4-17(23-15)22-12-18(11-19)5-7-24-8-6-18;1-2-4-6-5-3-1/h2-4,9-10H,5-8,12H2,1H3,(H2,20,21)(H,22,23);1-6H2. The predicted molar refractivity (Wildman–Crippen MR) is 121 cm³/mol. The number of ether oxygens (including phenoxy) is 1. The molecule has 1 aliphatic carbocycles. The van der Waals surface area contributed by atoms with E-state index in [1.807, 2.05) is 31.2 Å². The zero-order valence-corrected chi connectivity index (χ0v) is 18.0. The average molecular weight is 408 g/mol. The first-order valence-corrected chi connectivity index (χ1v) is 11.0. The highest BCUT2D eigenvalue weighted by atomic mass is 16.5. The van der Waals surface area contributed by atoms with Crippen LogP contribution in [0.4, 0.5) is 11.6 Å². The Morgan fingerprint density at radius 1 is 1.13 bits per heavy atom. The van der Waals surface area contributed by atoms with E-state index in [9.17, 15) is 5.26 Å². The second-order valence-electron chi connectivity index (χ2n) is 8.31. The highest BCUT2D eigenvalue weighted by Crippen LogP contribution is 2.30. The lowest BCUT2D eigenvalue weighted by molar-refractivity contribution is 0.0455. The zero-order chi connectivity index (χ0) is 21.2. The maximum Gasteiger partial charge on any atom is 0.126 e. The largest absolute Gasteiger partial charge is 0.384 e. The number of nitrogen functional groups attached to an aromatic ring is 1. The van der Waals surface area contributed by atoms with E-state index in [4.69, 9.17) is 10.5 Å². The van der Waals surface area contributed by atoms with Gasteiger partial charge >= 0.3 is 0 Å². The van der Waals surface area contributed by atoms with Crippen molar-refractivity contribution >= 4 is 11.6 Å². The Morgan fingerprint density at radius 3 is 2.43 bits per heavy atom. The fourth-order valence-corrected chi connectivity index (χ4v) is 3.91. The number of nitrogens with two attached hydrogens (primary N) is 1. The van der Waals surface area contributed by atoms with Crippen molar-refractivity contribution in [3.8, 4) is 17.3 Å². The minimum Gasteiger partial charge on any atom is -0.384 e. The molecule has 0 aromatic carbocycles. The van der Waals surface area contributed by atoms with Gasteiger partial charge in [0.2, 0.25) is 0 Å². The van der Waals surface area contributed by atoms with E-state index >= 15 is 0 Å². The maximum atomic E-state index is 9.53. The van der Waals surface area contributed by atoms with E-state index in [2.05, 4.69) is 21.4 Å². The van der Waals surface area contributed by atoms with E-state index in [1.165, 1.54) is 38.5 Å². The minimum absolute atomic E-state index is 0.382. The number of pyridine rings is 2. The summed E-state index contributed by atoms with van der Waals surface area (Å²) in [6.07, 6.45) is 12.2. The molecular weight excluding hydrogens is 374 g/mol. The second kappa shape index (κ2) is 10.9. The molecule has 1 saturated heterocycles. The van der Waals surface area contributed by atoms with E-state index in [0.717, 1.165) is 35.5 Å². The molecule has 2 fully saturated rings. The fraction of sp³-hybridized carbons (Fsp3) is 0.542. The van der Waals surface area contributed by atoms with Gasteiger partial charge in [0.25, 0.3) is 0 Å². The normalized spacial score (nSPS) is 17.9. The molecule has 3 N–H and O–H groups in total. The molecule has 0 unspecified atom stereocenters. The first-order chi connectivity index (χ1) is 14.6. The van der Waals surface area contributed by atoms with Crippen LogP contribution in [0, 0.1) is 23.7 Å². The van der Waals surface area contributed by atoms with Crippen LogP contribution in [0.1, 0.15) is 56.9 Å². The summed E-state index contributed by atoms with van der Waals surface area (Å²) in [5, 5.41) is 12.8. The molecule has 2 aliphatic rings. The lowest BCUT2D eigenvalue weighted by atomic mass is 9.82. The summed E-state index contributed by atoms with van der Waals surface area (Å²) >= 11 is 0. The lowest BCUT2D eigenvalue weighted by Gasteiger charge is -2.30. The van der Waals surface area contributed by atoms with Crippen LogP contribution in [0.2, 0.25) is 0 Å². The van der Waals surface area contributed by atoms with E-state index < -0.39 is 0 Å². The Hall–Kier alpha value is -2.65. The van der Waals surface area contributed by atoms with Crippen LogP contribution in [0.15, 0.2) is 30.5 Å². The van der Waals surface area contributed by atoms with Crippen LogP contribution in [-0.2, 0) is 4.74 Å². The van der Waals surface area contributed by atoms with Gasteiger partial charge in [0.15, 0.2) is 0 Å². The summed E-state index contributed by atoms with van der Waals surface area (Å²) < 4.78 is 5.37. The number of nitrogens with zero attached hydrogens (tertiary/aromatic N) is 3. The molecule has 160 valence electrons. The first-order valence-electron chi connectivity index (χ1n) is 11.0. The summed E-state index contributed by atoms with van der Waals surface area (Å²) in [4.78, 5) is 8.75. The van der Waals surface area contributed by atoms with Gasteiger partial charge in [0.1, 0.15) is 11.6 Å². The molecule has 2 aromatic heterocycles. The van der Waals surface area contributed by atoms with Crippen LogP contribution in [0.3, 0.4) is 0 Å². The van der Waals surface area contributed by atoms with E-state index in [0.29, 0.717) is 25.6 Å². The number of aryl methyl sites for hydroxylation is 1. The Labute approximate surface area is 179 Å². The average Bonchev–Trinajstić information content (AvgIpc) is 2.82. The molecule has 4 rings (SSSR count). The summed E-state index contributed by atoms with van der Waals surface area (Å²) in [7, 11) is 0. The summed E-state index contributed by atoms with van der Waals surface area (Å²) in [6.45, 7) is 3.83. The molecule has 3 heterocycles. The molecule has 0 spiro atoms. The number of hydrogen-bond donors (Lipinski definition) is 2. The van der Waals surface area contributed by atoms with Crippen molar-refractivity contribution in [3.63, 3.8) is 0 Å². The number of anilines is 2. The third-order valence-corrected chi connectivity index (χ3v) is 5.94. The third kappa shape index (κ3) is 6.17. The SMILES string of the molecule is C1CCCCC1.Cc1cnc(N)cc1-c1cccc(NCC2(C#N)CCOCC2)n1. The van der Waals surface area contributed by atoms with Crippen LogP contribution < -0.4 is 11.1 Å². The second-order valence-corrected chi connectivity index (χ2v) is 8.31. The van der Waals surface area contributed by atoms with Crippen molar-refractivity contribution in [1.82, 2.24) is 9.97 Å².